The molecule has 0 aliphatic heterocycles. The molecule has 0 bridgehead atoms. The highest BCUT2D eigenvalue weighted by Gasteiger charge is 2.02. The quantitative estimate of drug-likeness (QED) is 0.336. The Labute approximate surface area is 133 Å². The van der Waals surface area contributed by atoms with Gasteiger partial charge in [-0.1, -0.05) is 76.6 Å². The molecule has 0 nitrogen and oxygen atoms in total. The van der Waals surface area contributed by atoms with Crippen LogP contribution in [0.2, 0.25) is 0 Å². The first-order valence-electron chi connectivity index (χ1n) is 8.80. The fourth-order valence-corrected chi connectivity index (χ4v) is 2.37. The van der Waals surface area contributed by atoms with E-state index in [1.165, 1.54) is 19.3 Å². The molecular weight excluding hydrogens is 252 g/mol. The smallest absolute Gasteiger partial charge is 0.00215 e. The van der Waals surface area contributed by atoms with Crippen LogP contribution in [0.1, 0.15) is 66.2 Å². The number of hydrogen-bond donors (Lipinski definition) is 0. The second-order valence-corrected chi connectivity index (χ2v) is 6.00. The number of hydrogen-bond acceptors (Lipinski definition) is 0. The van der Waals surface area contributed by atoms with E-state index in [0.29, 0.717) is 11.8 Å². The fraction of sp³-hybridized carbons (Fsp3) is 0.619. The van der Waals surface area contributed by atoms with Gasteiger partial charge in [-0.2, -0.15) is 0 Å². The van der Waals surface area contributed by atoms with Crippen LogP contribution in [-0.2, 0) is 0 Å². The minimum absolute atomic E-state index is 0.480. The van der Waals surface area contributed by atoms with Crippen molar-refractivity contribution in [1.29, 1.82) is 0 Å². The van der Waals surface area contributed by atoms with Crippen LogP contribution in [-0.4, -0.2) is 0 Å². The molecule has 0 heteroatoms. The molecule has 120 valence electrons. The molecule has 0 aromatic heterocycles. The summed E-state index contributed by atoms with van der Waals surface area (Å²) in [6, 6.07) is 0. The first-order valence-corrected chi connectivity index (χ1v) is 8.80. The maximum absolute atomic E-state index is 3.97. The summed E-state index contributed by atoms with van der Waals surface area (Å²) in [5.41, 5.74) is 0. The van der Waals surface area contributed by atoms with Gasteiger partial charge < -0.3 is 0 Å². The summed E-state index contributed by atoms with van der Waals surface area (Å²) in [5, 5.41) is 0. The molecule has 0 saturated heterocycles. The molecule has 0 aliphatic carbocycles. The van der Waals surface area contributed by atoms with Crippen LogP contribution in [0.3, 0.4) is 0 Å². The van der Waals surface area contributed by atoms with Crippen LogP contribution >= 0.6 is 0 Å². The van der Waals surface area contributed by atoms with Crippen LogP contribution < -0.4 is 0 Å². The fourth-order valence-electron chi connectivity index (χ4n) is 2.37. The predicted octanol–water partition coefficient (Wildman–Crippen LogP) is 7.11. The highest BCUT2D eigenvalue weighted by atomic mass is 14.1. The minimum atomic E-state index is 0.480. The Morgan fingerprint density at radius 1 is 0.905 bits per heavy atom. The highest BCUT2D eigenvalue weighted by molar-refractivity contribution is 5.03. The van der Waals surface area contributed by atoms with E-state index in [4.69, 9.17) is 0 Å². The molecule has 3 unspecified atom stereocenters. The third-order valence-corrected chi connectivity index (χ3v) is 3.90. The molecule has 0 aromatic rings. The van der Waals surface area contributed by atoms with Crippen LogP contribution in [0.15, 0.2) is 49.1 Å². The lowest BCUT2D eigenvalue weighted by Crippen LogP contribution is -1.96. The molecule has 0 heterocycles. The third-order valence-electron chi connectivity index (χ3n) is 3.90. The van der Waals surface area contributed by atoms with Gasteiger partial charge in [-0.15, -0.1) is 6.58 Å². The zero-order chi connectivity index (χ0) is 15.9. The van der Waals surface area contributed by atoms with Crippen molar-refractivity contribution >= 4 is 0 Å². The van der Waals surface area contributed by atoms with Crippen molar-refractivity contribution in [1.82, 2.24) is 0 Å². The average Bonchev–Trinajstić information content (AvgIpc) is 2.50. The average molecular weight is 289 g/mol. The van der Waals surface area contributed by atoms with Gasteiger partial charge in [0.2, 0.25) is 0 Å². The lowest BCUT2D eigenvalue weighted by atomic mass is 9.96. The maximum Gasteiger partial charge on any atom is -0.00215 e. The van der Waals surface area contributed by atoms with Crippen molar-refractivity contribution in [2.24, 2.45) is 17.8 Å². The van der Waals surface area contributed by atoms with Crippen molar-refractivity contribution in [2.45, 2.75) is 66.2 Å². The largest absolute Gasteiger partial charge is 0.102 e. The van der Waals surface area contributed by atoms with E-state index in [1.807, 2.05) is 0 Å². The first-order chi connectivity index (χ1) is 10.2. The van der Waals surface area contributed by atoms with Crippen LogP contribution in [0.25, 0.3) is 0 Å². The van der Waals surface area contributed by atoms with E-state index in [-0.39, 0.29) is 0 Å². The zero-order valence-electron chi connectivity index (χ0n) is 14.7. The Morgan fingerprint density at radius 3 is 2.19 bits per heavy atom. The zero-order valence-corrected chi connectivity index (χ0v) is 14.7. The number of rotatable bonds is 12. The second kappa shape index (κ2) is 13.9. The molecule has 0 radical (unpaired) electrons. The van der Waals surface area contributed by atoms with E-state index in [9.17, 15) is 0 Å². The van der Waals surface area contributed by atoms with Crippen LogP contribution in [0.4, 0.5) is 0 Å². The topological polar surface area (TPSA) is 0 Å². The summed E-state index contributed by atoms with van der Waals surface area (Å²) in [7, 11) is 0. The van der Waals surface area contributed by atoms with Gasteiger partial charge in [0.15, 0.2) is 0 Å². The van der Waals surface area contributed by atoms with Crippen LogP contribution in [0, 0.1) is 17.8 Å². The molecule has 0 amide bonds. The molecule has 0 rings (SSSR count). The van der Waals surface area contributed by atoms with Gasteiger partial charge in [0.25, 0.3) is 0 Å². The van der Waals surface area contributed by atoms with Crippen molar-refractivity contribution in [2.75, 3.05) is 0 Å². The Balaban J connectivity index is 4.17. The molecular formula is C21H36. The van der Waals surface area contributed by atoms with Gasteiger partial charge >= 0.3 is 0 Å². The Hall–Kier alpha value is -1.04. The lowest BCUT2D eigenvalue weighted by Gasteiger charge is -2.10. The second-order valence-electron chi connectivity index (χ2n) is 6.00. The molecule has 0 aromatic carbocycles. The van der Waals surface area contributed by atoms with E-state index in [2.05, 4.69) is 76.8 Å². The maximum atomic E-state index is 3.97. The summed E-state index contributed by atoms with van der Waals surface area (Å²) >= 11 is 0. The molecule has 0 N–H and O–H groups in total. The predicted molar refractivity (Wildman–Crippen MR) is 98.5 cm³/mol. The SMILES string of the molecule is C=CC(/C=C/C(CC)CCC)C/C=C/CC(C)/C=C/CC. The van der Waals surface area contributed by atoms with Crippen molar-refractivity contribution < 1.29 is 0 Å². The minimum Gasteiger partial charge on any atom is -0.102 e. The standard InChI is InChI=1S/C21H36/c1-6-10-14-19(5)15-11-12-16-21(9-4)18-17-20(8-3)13-7-2/h9-12,14,17-21H,4,6-8,13,15-16H2,1-3,5H3/b12-11+,14-10+,18-17+. The van der Waals surface area contributed by atoms with Gasteiger partial charge in [0.05, 0.1) is 0 Å². The van der Waals surface area contributed by atoms with Gasteiger partial charge in [-0.05, 0) is 49.9 Å². The molecule has 0 spiro atoms. The lowest BCUT2D eigenvalue weighted by molar-refractivity contribution is 0.559. The van der Waals surface area contributed by atoms with Crippen LogP contribution in [0.5, 0.6) is 0 Å². The number of allylic oxidation sites excluding steroid dienone is 7. The molecule has 21 heavy (non-hydrogen) atoms. The van der Waals surface area contributed by atoms with Gasteiger partial charge in [0.1, 0.15) is 0 Å². The summed E-state index contributed by atoms with van der Waals surface area (Å²) in [6.45, 7) is 13.0. The summed E-state index contributed by atoms with van der Waals surface area (Å²) in [5.74, 6) is 1.86. The third kappa shape index (κ3) is 11.3. The van der Waals surface area contributed by atoms with Gasteiger partial charge in [0, 0.05) is 0 Å². The highest BCUT2D eigenvalue weighted by Crippen LogP contribution is 2.16. The summed E-state index contributed by atoms with van der Waals surface area (Å²) in [4.78, 5) is 0. The van der Waals surface area contributed by atoms with E-state index < -0.39 is 0 Å². The molecule has 0 saturated carbocycles. The van der Waals surface area contributed by atoms with E-state index in [1.54, 1.807) is 0 Å². The first kappa shape index (κ1) is 20.0. The van der Waals surface area contributed by atoms with E-state index in [0.717, 1.165) is 25.2 Å². The van der Waals surface area contributed by atoms with Gasteiger partial charge in [-0.25, -0.2) is 0 Å². The Bertz CT molecular complexity index is 319. The van der Waals surface area contributed by atoms with Crippen molar-refractivity contribution in [3.8, 4) is 0 Å². The monoisotopic (exact) mass is 288 g/mol. The Morgan fingerprint density at radius 2 is 1.62 bits per heavy atom. The molecule has 3 atom stereocenters. The van der Waals surface area contributed by atoms with E-state index >= 15 is 0 Å². The summed E-state index contributed by atoms with van der Waals surface area (Å²) in [6.07, 6.45) is 23.2. The van der Waals surface area contributed by atoms with Crippen molar-refractivity contribution in [3.05, 3.63) is 49.1 Å². The molecule has 0 aliphatic rings. The normalized spacial score (nSPS) is 16.8. The Kier molecular flexibility index (Phi) is 13.2. The van der Waals surface area contributed by atoms with Gasteiger partial charge in [-0.3, -0.25) is 0 Å². The summed E-state index contributed by atoms with van der Waals surface area (Å²) < 4.78 is 0. The van der Waals surface area contributed by atoms with Crippen molar-refractivity contribution in [3.63, 3.8) is 0 Å². The molecule has 0 fully saturated rings.